The minimum atomic E-state index is -0.236. The number of fused-ring (bicyclic) bond motifs is 2. The van der Waals surface area contributed by atoms with E-state index in [4.69, 9.17) is 9.47 Å². The summed E-state index contributed by atoms with van der Waals surface area (Å²) in [6.45, 7) is 0. The lowest BCUT2D eigenvalue weighted by Crippen LogP contribution is -2.14. The molecule has 0 spiro atoms. The van der Waals surface area contributed by atoms with Gasteiger partial charge >= 0.3 is 0 Å². The van der Waals surface area contributed by atoms with Crippen molar-refractivity contribution in [2.45, 2.75) is 37.9 Å². The maximum Gasteiger partial charge on any atom is 0.124 e. The number of phenols is 2. The van der Waals surface area contributed by atoms with Gasteiger partial charge in [-0.25, -0.2) is 8.78 Å². The van der Waals surface area contributed by atoms with Crippen LogP contribution in [0.15, 0.2) is 84.9 Å². The first-order valence-electron chi connectivity index (χ1n) is 11.9. The molecule has 0 bridgehead atoms. The number of hydrogen-bond acceptors (Lipinski definition) is 4. The molecule has 4 nitrogen and oxygen atoms in total. The summed E-state index contributed by atoms with van der Waals surface area (Å²) in [6, 6.07) is 23.1. The molecule has 2 atom stereocenters. The largest absolute Gasteiger partial charge is 0.508 e. The number of aromatic hydroxyl groups is 2. The number of rotatable bonds is 2. The van der Waals surface area contributed by atoms with E-state index in [1.807, 2.05) is 0 Å². The van der Waals surface area contributed by atoms with E-state index in [0.29, 0.717) is 0 Å². The molecule has 0 radical (unpaired) electrons. The number of benzene rings is 4. The Labute approximate surface area is 208 Å². The summed E-state index contributed by atoms with van der Waals surface area (Å²) in [4.78, 5) is 0. The molecule has 0 saturated heterocycles. The molecule has 2 N–H and O–H groups in total. The molecule has 4 aromatic carbocycles. The van der Waals surface area contributed by atoms with E-state index < -0.39 is 0 Å². The highest BCUT2D eigenvalue weighted by Gasteiger charge is 2.22. The van der Waals surface area contributed by atoms with Gasteiger partial charge in [-0.15, -0.1) is 0 Å². The van der Waals surface area contributed by atoms with Gasteiger partial charge in [0, 0.05) is 0 Å². The van der Waals surface area contributed by atoms with Gasteiger partial charge in [-0.05, 0) is 109 Å². The van der Waals surface area contributed by atoms with Crippen LogP contribution in [0.1, 0.15) is 47.3 Å². The van der Waals surface area contributed by atoms with Crippen molar-refractivity contribution in [3.05, 3.63) is 119 Å². The lowest BCUT2D eigenvalue weighted by Gasteiger charge is -2.26. The third-order valence-electron chi connectivity index (χ3n) is 6.46. The zero-order chi connectivity index (χ0) is 25.1. The van der Waals surface area contributed by atoms with Gasteiger partial charge in [0.15, 0.2) is 0 Å². The van der Waals surface area contributed by atoms with Crippen molar-refractivity contribution in [2.75, 3.05) is 0 Å². The van der Waals surface area contributed by atoms with Gasteiger partial charge in [0.05, 0.1) is 0 Å². The molecule has 6 rings (SSSR count). The summed E-state index contributed by atoms with van der Waals surface area (Å²) in [5.74, 6) is 1.65. The van der Waals surface area contributed by atoms with Gasteiger partial charge < -0.3 is 19.7 Å². The Hall–Kier alpha value is -4.06. The number of aryl methyl sites for hydroxylation is 2. The van der Waals surface area contributed by atoms with E-state index in [9.17, 15) is 19.0 Å². The lowest BCUT2D eigenvalue weighted by atomic mass is 9.97. The Bertz CT molecular complexity index is 1230. The van der Waals surface area contributed by atoms with Crippen LogP contribution in [0.4, 0.5) is 8.78 Å². The molecule has 6 heteroatoms. The van der Waals surface area contributed by atoms with E-state index in [2.05, 4.69) is 0 Å². The van der Waals surface area contributed by atoms with Crippen LogP contribution in [-0.4, -0.2) is 10.2 Å². The van der Waals surface area contributed by atoms with E-state index in [-0.39, 0.29) is 35.3 Å². The van der Waals surface area contributed by atoms with E-state index in [1.54, 1.807) is 60.7 Å². The van der Waals surface area contributed by atoms with Gasteiger partial charge in [0.25, 0.3) is 0 Å². The van der Waals surface area contributed by atoms with Gasteiger partial charge in [0.2, 0.25) is 0 Å². The SMILES string of the molecule is Oc1ccc2c(c1)CCC(c1ccc(F)cc1)O2.Oc1ccc2c(c1)CCC(c1ccc(F)cc1)O2. The van der Waals surface area contributed by atoms with Crippen molar-refractivity contribution in [1.82, 2.24) is 0 Å². The zero-order valence-corrected chi connectivity index (χ0v) is 19.5. The van der Waals surface area contributed by atoms with Crippen LogP contribution in [-0.2, 0) is 12.8 Å². The summed E-state index contributed by atoms with van der Waals surface area (Å²) in [5.41, 5.74) is 4.01. The van der Waals surface area contributed by atoms with Gasteiger partial charge in [-0.2, -0.15) is 0 Å². The highest BCUT2D eigenvalue weighted by molar-refractivity contribution is 5.43. The molecule has 0 fully saturated rings. The Morgan fingerprint density at radius 2 is 0.944 bits per heavy atom. The van der Waals surface area contributed by atoms with Crippen LogP contribution >= 0.6 is 0 Å². The second kappa shape index (κ2) is 10.3. The average molecular weight is 489 g/mol. The molecule has 4 aromatic rings. The third kappa shape index (κ3) is 5.43. The molecule has 184 valence electrons. The van der Waals surface area contributed by atoms with Crippen LogP contribution in [0.2, 0.25) is 0 Å². The minimum absolute atomic E-state index is 0.0392. The van der Waals surface area contributed by atoms with Crippen molar-refractivity contribution >= 4 is 0 Å². The fraction of sp³-hybridized carbons (Fsp3) is 0.200. The Kier molecular flexibility index (Phi) is 6.76. The predicted molar refractivity (Wildman–Crippen MR) is 132 cm³/mol. The first-order chi connectivity index (χ1) is 17.4. The third-order valence-corrected chi connectivity index (χ3v) is 6.46. The Morgan fingerprint density at radius 3 is 1.33 bits per heavy atom. The maximum atomic E-state index is 12.9. The van der Waals surface area contributed by atoms with Crippen LogP contribution in [0, 0.1) is 11.6 Å². The molecule has 0 saturated carbocycles. The highest BCUT2D eigenvalue weighted by Crippen LogP contribution is 2.37. The molecule has 2 aliphatic heterocycles. The van der Waals surface area contributed by atoms with Crippen LogP contribution in [0.3, 0.4) is 0 Å². The predicted octanol–water partition coefficient (Wildman–Crippen LogP) is 7.20. The van der Waals surface area contributed by atoms with Gasteiger partial charge in [-0.3, -0.25) is 0 Å². The lowest BCUT2D eigenvalue weighted by molar-refractivity contribution is 0.176. The monoisotopic (exact) mass is 488 g/mol. The molecule has 36 heavy (non-hydrogen) atoms. The normalized spacial score (nSPS) is 17.9. The number of phenolic OH excluding ortho intramolecular Hbond substituents is 2. The quantitative estimate of drug-likeness (QED) is 0.313. The summed E-state index contributed by atoms with van der Waals surface area (Å²) in [7, 11) is 0. The van der Waals surface area contributed by atoms with Crippen molar-refractivity contribution in [3.63, 3.8) is 0 Å². The molecular formula is C30H26F2O4. The van der Waals surface area contributed by atoms with Gasteiger partial charge in [-0.1, -0.05) is 24.3 Å². The van der Waals surface area contributed by atoms with Crippen LogP contribution < -0.4 is 9.47 Å². The fourth-order valence-electron chi connectivity index (χ4n) is 4.57. The summed E-state index contributed by atoms with van der Waals surface area (Å²) in [6.07, 6.45) is 3.30. The van der Waals surface area contributed by atoms with Gasteiger partial charge in [0.1, 0.15) is 46.8 Å². The highest BCUT2D eigenvalue weighted by atomic mass is 19.1. The minimum Gasteiger partial charge on any atom is -0.508 e. The topological polar surface area (TPSA) is 58.9 Å². The zero-order valence-electron chi connectivity index (χ0n) is 19.5. The number of ether oxygens (including phenoxy) is 2. The Balaban J connectivity index is 0.000000148. The second-order valence-corrected chi connectivity index (χ2v) is 8.98. The molecule has 0 aromatic heterocycles. The van der Waals surface area contributed by atoms with E-state index in [1.165, 1.54) is 24.3 Å². The number of hydrogen-bond donors (Lipinski definition) is 2. The van der Waals surface area contributed by atoms with Crippen molar-refractivity contribution in [3.8, 4) is 23.0 Å². The molecule has 0 aliphatic carbocycles. The van der Waals surface area contributed by atoms with E-state index >= 15 is 0 Å². The maximum absolute atomic E-state index is 12.9. The summed E-state index contributed by atoms with van der Waals surface area (Å²) in [5, 5.41) is 18.8. The van der Waals surface area contributed by atoms with Crippen molar-refractivity contribution in [2.24, 2.45) is 0 Å². The molecule has 2 heterocycles. The molecule has 2 aliphatic rings. The van der Waals surface area contributed by atoms with Crippen LogP contribution in [0.5, 0.6) is 23.0 Å². The molecular weight excluding hydrogens is 462 g/mol. The summed E-state index contributed by atoms with van der Waals surface area (Å²) >= 11 is 0. The number of halogens is 2. The van der Waals surface area contributed by atoms with E-state index in [0.717, 1.165) is 59.4 Å². The Morgan fingerprint density at radius 1 is 0.556 bits per heavy atom. The van der Waals surface area contributed by atoms with Crippen molar-refractivity contribution in [1.29, 1.82) is 0 Å². The molecule has 0 amide bonds. The first-order valence-corrected chi connectivity index (χ1v) is 11.9. The average Bonchev–Trinajstić information content (AvgIpc) is 2.89. The fourth-order valence-corrected chi connectivity index (χ4v) is 4.57. The summed E-state index contributed by atoms with van der Waals surface area (Å²) < 4.78 is 37.5. The van der Waals surface area contributed by atoms with Crippen molar-refractivity contribution < 1.29 is 28.5 Å². The smallest absolute Gasteiger partial charge is 0.124 e. The second-order valence-electron chi connectivity index (χ2n) is 8.98. The van der Waals surface area contributed by atoms with Crippen LogP contribution in [0.25, 0.3) is 0 Å². The molecule has 2 unspecified atom stereocenters. The standard InChI is InChI=1S/2C15H13FO2/c2*16-12-4-1-10(2-5-12)14-7-3-11-9-13(17)6-8-15(11)18-14/h2*1-2,4-6,8-9,14,17H,3,7H2. The first kappa shape index (κ1) is 23.7.